The highest BCUT2D eigenvalue weighted by Gasteiger charge is 2.21. The van der Waals surface area contributed by atoms with Gasteiger partial charge in [-0.2, -0.15) is 5.10 Å². The number of ketones is 1. The maximum Gasteiger partial charge on any atom is 0.189 e. The maximum atomic E-state index is 12.4. The van der Waals surface area contributed by atoms with Crippen molar-refractivity contribution in [1.82, 2.24) is 9.78 Å². The Kier molecular flexibility index (Phi) is 4.93. The molecule has 0 fully saturated rings. The molecular weight excluding hydrogens is 316 g/mol. The van der Waals surface area contributed by atoms with Crippen molar-refractivity contribution in [3.8, 4) is 11.5 Å². The van der Waals surface area contributed by atoms with Crippen molar-refractivity contribution < 1.29 is 14.3 Å². The number of ether oxygens (including phenoxy) is 2. The van der Waals surface area contributed by atoms with E-state index in [1.54, 1.807) is 29.2 Å². The molecule has 0 spiro atoms. The molecule has 5 nitrogen and oxygen atoms in total. The van der Waals surface area contributed by atoms with Crippen LogP contribution in [-0.2, 0) is 6.42 Å². The van der Waals surface area contributed by atoms with Crippen molar-refractivity contribution in [3.05, 3.63) is 47.3 Å². The smallest absolute Gasteiger partial charge is 0.189 e. The van der Waals surface area contributed by atoms with Crippen LogP contribution < -0.4 is 9.47 Å². The molecule has 3 rings (SSSR count). The lowest BCUT2D eigenvalue weighted by molar-refractivity contribution is 0.104. The standard InChI is InChI=1S/C20H24N2O3/c1-5-24-19-10-16-8-14(4)25-20(16)9-15(19)6-7-18(23)17-11-21-22(12-17)13(2)3/h6-7,9-14H,5,8H2,1-4H3. The lowest BCUT2D eigenvalue weighted by atomic mass is 10.1. The van der Waals surface area contributed by atoms with Gasteiger partial charge in [-0.1, -0.05) is 0 Å². The van der Waals surface area contributed by atoms with Crippen LogP contribution in [0.3, 0.4) is 0 Å². The van der Waals surface area contributed by atoms with Gasteiger partial charge in [0.05, 0.1) is 18.4 Å². The largest absolute Gasteiger partial charge is 0.493 e. The van der Waals surface area contributed by atoms with Gasteiger partial charge in [0.25, 0.3) is 0 Å². The second-order valence-electron chi connectivity index (χ2n) is 6.56. The molecule has 1 aromatic heterocycles. The molecule has 1 unspecified atom stereocenters. The molecule has 0 aliphatic carbocycles. The fourth-order valence-corrected chi connectivity index (χ4v) is 2.88. The predicted octanol–water partition coefficient (Wildman–Crippen LogP) is 4.08. The minimum atomic E-state index is -0.0795. The van der Waals surface area contributed by atoms with Crippen LogP contribution in [0.2, 0.25) is 0 Å². The fourth-order valence-electron chi connectivity index (χ4n) is 2.88. The van der Waals surface area contributed by atoms with Gasteiger partial charge in [-0.3, -0.25) is 9.48 Å². The number of fused-ring (bicyclic) bond motifs is 1. The first-order valence-corrected chi connectivity index (χ1v) is 8.71. The molecule has 0 N–H and O–H groups in total. The third-order valence-electron chi connectivity index (χ3n) is 4.16. The zero-order valence-corrected chi connectivity index (χ0v) is 15.2. The van der Waals surface area contributed by atoms with Crippen LogP contribution in [0.15, 0.2) is 30.6 Å². The molecule has 1 atom stereocenters. The van der Waals surface area contributed by atoms with Crippen molar-refractivity contribution in [2.75, 3.05) is 6.61 Å². The summed E-state index contributed by atoms with van der Waals surface area (Å²) < 4.78 is 13.3. The van der Waals surface area contributed by atoms with Gasteiger partial charge in [0, 0.05) is 29.8 Å². The Bertz CT molecular complexity index is 805. The SMILES string of the molecule is CCOc1cc2c(cc1C=CC(=O)c1cnn(C(C)C)c1)OC(C)C2. The summed E-state index contributed by atoms with van der Waals surface area (Å²) in [5.74, 6) is 1.57. The molecule has 0 amide bonds. The Morgan fingerprint density at radius 3 is 2.96 bits per heavy atom. The van der Waals surface area contributed by atoms with E-state index in [0.29, 0.717) is 12.2 Å². The molecule has 1 aromatic carbocycles. The third kappa shape index (κ3) is 3.76. The number of benzene rings is 1. The summed E-state index contributed by atoms with van der Waals surface area (Å²) in [4.78, 5) is 12.4. The molecule has 25 heavy (non-hydrogen) atoms. The second-order valence-corrected chi connectivity index (χ2v) is 6.56. The van der Waals surface area contributed by atoms with Crippen LogP contribution in [0.1, 0.15) is 55.2 Å². The van der Waals surface area contributed by atoms with Crippen LogP contribution in [0.4, 0.5) is 0 Å². The number of nitrogens with zero attached hydrogens (tertiary/aromatic N) is 2. The molecule has 0 saturated heterocycles. The predicted molar refractivity (Wildman–Crippen MR) is 97.4 cm³/mol. The van der Waals surface area contributed by atoms with E-state index in [-0.39, 0.29) is 17.9 Å². The first kappa shape index (κ1) is 17.3. The summed E-state index contributed by atoms with van der Waals surface area (Å²) in [6, 6.07) is 4.19. The first-order valence-electron chi connectivity index (χ1n) is 8.71. The second kappa shape index (κ2) is 7.13. The van der Waals surface area contributed by atoms with E-state index in [1.807, 2.05) is 39.8 Å². The van der Waals surface area contributed by atoms with E-state index in [4.69, 9.17) is 9.47 Å². The molecule has 2 heterocycles. The van der Waals surface area contributed by atoms with E-state index < -0.39 is 0 Å². The third-order valence-corrected chi connectivity index (χ3v) is 4.16. The zero-order chi connectivity index (χ0) is 18.0. The van der Waals surface area contributed by atoms with Gasteiger partial charge < -0.3 is 9.47 Å². The van der Waals surface area contributed by atoms with Crippen LogP contribution in [0.25, 0.3) is 6.08 Å². The van der Waals surface area contributed by atoms with Gasteiger partial charge in [0.1, 0.15) is 17.6 Å². The molecule has 1 aliphatic rings. The molecule has 0 bridgehead atoms. The van der Waals surface area contributed by atoms with E-state index in [2.05, 4.69) is 5.10 Å². The van der Waals surface area contributed by atoms with E-state index in [9.17, 15) is 4.79 Å². The van der Waals surface area contributed by atoms with Crippen LogP contribution >= 0.6 is 0 Å². The van der Waals surface area contributed by atoms with Crippen molar-refractivity contribution >= 4 is 11.9 Å². The minimum Gasteiger partial charge on any atom is -0.493 e. The van der Waals surface area contributed by atoms with E-state index in [1.165, 1.54) is 0 Å². The number of hydrogen-bond acceptors (Lipinski definition) is 4. The van der Waals surface area contributed by atoms with Crippen molar-refractivity contribution in [3.63, 3.8) is 0 Å². The molecule has 0 saturated carbocycles. The van der Waals surface area contributed by atoms with Gasteiger partial charge in [-0.25, -0.2) is 0 Å². The van der Waals surface area contributed by atoms with E-state index >= 15 is 0 Å². The topological polar surface area (TPSA) is 53.3 Å². The Hall–Kier alpha value is -2.56. The highest BCUT2D eigenvalue weighted by molar-refractivity contribution is 6.06. The normalized spacial score (nSPS) is 16.3. The lowest BCUT2D eigenvalue weighted by Gasteiger charge is -2.10. The average molecular weight is 340 g/mol. The van der Waals surface area contributed by atoms with Gasteiger partial charge in [-0.05, 0) is 52.0 Å². The maximum absolute atomic E-state index is 12.4. The number of allylic oxidation sites excluding steroid dienone is 1. The summed E-state index contributed by atoms with van der Waals surface area (Å²) in [5, 5.41) is 4.21. The summed E-state index contributed by atoms with van der Waals surface area (Å²) in [6.07, 6.45) is 7.77. The number of hydrogen-bond donors (Lipinski definition) is 0. The fraction of sp³-hybridized carbons (Fsp3) is 0.400. The molecular formula is C20H24N2O3. The molecule has 5 heteroatoms. The van der Waals surface area contributed by atoms with Crippen LogP contribution in [0.5, 0.6) is 11.5 Å². The average Bonchev–Trinajstić information content (AvgIpc) is 3.18. The molecule has 0 radical (unpaired) electrons. The van der Waals surface area contributed by atoms with E-state index in [0.717, 1.165) is 29.0 Å². The van der Waals surface area contributed by atoms with Crippen LogP contribution in [0, 0.1) is 0 Å². The highest BCUT2D eigenvalue weighted by Crippen LogP contribution is 2.35. The van der Waals surface area contributed by atoms with Gasteiger partial charge in [-0.15, -0.1) is 0 Å². The van der Waals surface area contributed by atoms with Gasteiger partial charge >= 0.3 is 0 Å². The Morgan fingerprint density at radius 1 is 1.48 bits per heavy atom. The Morgan fingerprint density at radius 2 is 2.28 bits per heavy atom. The van der Waals surface area contributed by atoms with Crippen molar-refractivity contribution in [2.45, 2.75) is 46.3 Å². The summed E-state index contributed by atoms with van der Waals surface area (Å²) >= 11 is 0. The summed E-state index contributed by atoms with van der Waals surface area (Å²) in [5.41, 5.74) is 2.57. The number of aromatic nitrogens is 2. The molecule has 132 valence electrons. The summed E-state index contributed by atoms with van der Waals surface area (Å²) in [7, 11) is 0. The van der Waals surface area contributed by atoms with Crippen molar-refractivity contribution in [1.29, 1.82) is 0 Å². The number of carbonyl (C=O) groups excluding carboxylic acids is 1. The molecule has 1 aliphatic heterocycles. The molecule has 2 aromatic rings. The Labute approximate surface area is 148 Å². The summed E-state index contributed by atoms with van der Waals surface area (Å²) in [6.45, 7) is 8.62. The van der Waals surface area contributed by atoms with Crippen molar-refractivity contribution in [2.24, 2.45) is 0 Å². The number of rotatable bonds is 6. The van der Waals surface area contributed by atoms with Crippen LogP contribution in [-0.4, -0.2) is 28.3 Å². The number of carbonyl (C=O) groups is 1. The van der Waals surface area contributed by atoms with Gasteiger partial charge in [0.2, 0.25) is 0 Å². The zero-order valence-electron chi connectivity index (χ0n) is 15.2. The Balaban J connectivity index is 1.84. The minimum absolute atomic E-state index is 0.0795. The highest BCUT2D eigenvalue weighted by atomic mass is 16.5. The van der Waals surface area contributed by atoms with Gasteiger partial charge in [0.15, 0.2) is 5.78 Å². The first-order chi connectivity index (χ1) is 12.0. The lowest BCUT2D eigenvalue weighted by Crippen LogP contribution is -2.05. The quantitative estimate of drug-likeness (QED) is 0.587. The monoisotopic (exact) mass is 340 g/mol.